The van der Waals surface area contributed by atoms with Crippen molar-refractivity contribution >= 4 is 41.0 Å². The van der Waals surface area contributed by atoms with Crippen LogP contribution in [0.15, 0.2) is 36.4 Å². The van der Waals surface area contributed by atoms with Crippen molar-refractivity contribution in [3.8, 4) is 5.75 Å². The molecule has 0 bridgehead atoms. The lowest BCUT2D eigenvalue weighted by atomic mass is 10.1. The standard InChI is InChI=1S/C20H20Cl2N2O5/c1-3-16(20(28)29-2)24-19(27)17-14(21)8-12(9-15(17)22)18(26)23-10-11-5-4-6-13(25)7-11/h4-9,16,25H,3,10H2,1-2H3,(H,23,26)(H,24,27)/t16-/m0/s1. The van der Waals surface area contributed by atoms with Gasteiger partial charge in [-0.1, -0.05) is 42.3 Å². The maximum absolute atomic E-state index is 12.5. The number of ether oxygens (including phenoxy) is 1. The summed E-state index contributed by atoms with van der Waals surface area (Å²) in [6, 6.07) is 8.26. The van der Waals surface area contributed by atoms with Gasteiger partial charge in [0.15, 0.2) is 0 Å². The molecule has 0 spiro atoms. The smallest absolute Gasteiger partial charge is 0.328 e. The fourth-order valence-electron chi connectivity index (χ4n) is 2.57. The first-order valence-corrected chi connectivity index (χ1v) is 9.46. The number of phenols is 1. The van der Waals surface area contributed by atoms with Crippen LogP contribution >= 0.6 is 23.2 Å². The third-order valence-electron chi connectivity index (χ3n) is 4.09. The van der Waals surface area contributed by atoms with Gasteiger partial charge >= 0.3 is 5.97 Å². The summed E-state index contributed by atoms with van der Waals surface area (Å²) in [5.41, 5.74) is 0.830. The summed E-state index contributed by atoms with van der Waals surface area (Å²) in [7, 11) is 1.22. The molecule has 2 aromatic rings. The average Bonchev–Trinajstić information content (AvgIpc) is 2.69. The first-order valence-electron chi connectivity index (χ1n) is 8.70. The SMILES string of the molecule is CC[C@H](NC(=O)c1c(Cl)cc(C(=O)NCc2cccc(O)c2)cc1Cl)C(=O)OC. The molecule has 0 radical (unpaired) electrons. The molecule has 29 heavy (non-hydrogen) atoms. The molecule has 9 heteroatoms. The zero-order valence-electron chi connectivity index (χ0n) is 15.8. The lowest BCUT2D eigenvalue weighted by molar-refractivity contribution is -0.142. The number of aromatic hydroxyl groups is 1. The molecule has 0 unspecified atom stereocenters. The third kappa shape index (κ3) is 5.85. The first kappa shape index (κ1) is 22.5. The van der Waals surface area contributed by atoms with Crippen LogP contribution in [-0.4, -0.2) is 36.0 Å². The Hall–Kier alpha value is -2.77. The number of carbonyl (C=O) groups is 3. The highest BCUT2D eigenvalue weighted by Crippen LogP contribution is 2.27. The largest absolute Gasteiger partial charge is 0.508 e. The summed E-state index contributed by atoms with van der Waals surface area (Å²) in [6.07, 6.45) is 0.323. The van der Waals surface area contributed by atoms with Gasteiger partial charge in [-0.15, -0.1) is 0 Å². The molecule has 154 valence electrons. The number of methoxy groups -OCH3 is 1. The molecule has 2 rings (SSSR count). The van der Waals surface area contributed by atoms with Crippen molar-refractivity contribution in [2.24, 2.45) is 0 Å². The molecular weight excluding hydrogens is 419 g/mol. The number of rotatable bonds is 7. The van der Waals surface area contributed by atoms with Gasteiger partial charge in [-0.3, -0.25) is 9.59 Å². The summed E-state index contributed by atoms with van der Waals surface area (Å²) < 4.78 is 4.63. The second-order valence-corrected chi connectivity index (χ2v) is 6.94. The van der Waals surface area contributed by atoms with Crippen molar-refractivity contribution in [3.05, 3.63) is 63.1 Å². The lowest BCUT2D eigenvalue weighted by Gasteiger charge is -2.16. The lowest BCUT2D eigenvalue weighted by Crippen LogP contribution is -2.41. The molecule has 7 nitrogen and oxygen atoms in total. The van der Waals surface area contributed by atoms with Gasteiger partial charge in [0.05, 0.1) is 22.7 Å². The summed E-state index contributed by atoms with van der Waals surface area (Å²) in [6.45, 7) is 1.90. The number of amides is 2. The van der Waals surface area contributed by atoms with E-state index in [2.05, 4.69) is 15.4 Å². The Morgan fingerprint density at radius 3 is 2.31 bits per heavy atom. The monoisotopic (exact) mass is 438 g/mol. The van der Waals surface area contributed by atoms with Crippen molar-refractivity contribution in [2.75, 3.05) is 7.11 Å². The second-order valence-electron chi connectivity index (χ2n) is 6.12. The number of phenolic OH excluding ortho intramolecular Hbond substituents is 1. The zero-order valence-corrected chi connectivity index (χ0v) is 17.3. The molecule has 3 N–H and O–H groups in total. The van der Waals surface area contributed by atoms with Crippen LogP contribution in [0.1, 0.15) is 39.6 Å². The highest BCUT2D eigenvalue weighted by molar-refractivity contribution is 6.40. The fourth-order valence-corrected chi connectivity index (χ4v) is 3.23. The van der Waals surface area contributed by atoms with E-state index in [9.17, 15) is 19.5 Å². The van der Waals surface area contributed by atoms with Gasteiger partial charge in [0.1, 0.15) is 11.8 Å². The van der Waals surface area contributed by atoms with Crippen LogP contribution in [0.5, 0.6) is 5.75 Å². The molecule has 0 aromatic heterocycles. The van der Waals surface area contributed by atoms with Gasteiger partial charge in [-0.25, -0.2) is 4.79 Å². The van der Waals surface area contributed by atoms with Crippen LogP contribution in [-0.2, 0) is 16.1 Å². The minimum absolute atomic E-state index is 0.0303. The highest BCUT2D eigenvalue weighted by Gasteiger charge is 2.24. The van der Waals surface area contributed by atoms with E-state index in [0.29, 0.717) is 12.0 Å². The van der Waals surface area contributed by atoms with Gasteiger partial charge < -0.3 is 20.5 Å². The minimum Gasteiger partial charge on any atom is -0.508 e. The number of carbonyl (C=O) groups excluding carboxylic acids is 3. The summed E-state index contributed by atoms with van der Waals surface area (Å²) >= 11 is 12.4. The van der Waals surface area contributed by atoms with E-state index >= 15 is 0 Å². The van der Waals surface area contributed by atoms with Gasteiger partial charge in [0.2, 0.25) is 0 Å². The van der Waals surface area contributed by atoms with Crippen molar-refractivity contribution in [3.63, 3.8) is 0 Å². The van der Waals surface area contributed by atoms with Gasteiger partial charge in [-0.2, -0.15) is 0 Å². The van der Waals surface area contributed by atoms with E-state index in [4.69, 9.17) is 23.2 Å². The fraction of sp³-hybridized carbons (Fsp3) is 0.250. The van der Waals surface area contributed by atoms with Crippen LogP contribution in [0, 0.1) is 0 Å². The van der Waals surface area contributed by atoms with E-state index < -0.39 is 23.8 Å². The number of nitrogens with one attached hydrogen (secondary N) is 2. The van der Waals surface area contributed by atoms with Gasteiger partial charge in [0, 0.05) is 12.1 Å². The van der Waals surface area contributed by atoms with Crippen LogP contribution in [0.3, 0.4) is 0 Å². The highest BCUT2D eigenvalue weighted by atomic mass is 35.5. The quantitative estimate of drug-likeness (QED) is 0.575. The van der Waals surface area contributed by atoms with Gasteiger partial charge in [-0.05, 0) is 36.2 Å². The molecule has 0 aliphatic rings. The van der Waals surface area contributed by atoms with Crippen molar-refractivity contribution < 1.29 is 24.2 Å². The van der Waals surface area contributed by atoms with E-state index in [1.807, 2.05) is 0 Å². The normalized spacial score (nSPS) is 11.4. The molecule has 2 aromatic carbocycles. The molecule has 0 heterocycles. The average molecular weight is 439 g/mol. The molecule has 0 fully saturated rings. The van der Waals surface area contributed by atoms with Crippen molar-refractivity contribution in [1.82, 2.24) is 10.6 Å². The number of hydrogen-bond acceptors (Lipinski definition) is 5. The first-order chi connectivity index (χ1) is 13.8. The Bertz CT molecular complexity index is 910. The number of benzene rings is 2. The molecule has 0 saturated heterocycles. The second kappa shape index (κ2) is 10.1. The Morgan fingerprint density at radius 2 is 1.76 bits per heavy atom. The predicted molar refractivity (Wildman–Crippen MR) is 109 cm³/mol. The van der Waals surface area contributed by atoms with E-state index in [1.165, 1.54) is 31.4 Å². The van der Waals surface area contributed by atoms with E-state index in [1.54, 1.807) is 19.1 Å². The molecular formula is C20H20Cl2N2O5. The number of esters is 1. The Kier molecular flexibility index (Phi) is 7.87. The molecule has 2 amide bonds. The maximum Gasteiger partial charge on any atom is 0.328 e. The van der Waals surface area contributed by atoms with Gasteiger partial charge in [0.25, 0.3) is 11.8 Å². The van der Waals surface area contributed by atoms with Crippen LogP contribution in [0.4, 0.5) is 0 Å². The molecule has 0 aliphatic heterocycles. The summed E-state index contributed by atoms with van der Waals surface area (Å²) in [5, 5.41) is 14.6. The Balaban J connectivity index is 2.14. The van der Waals surface area contributed by atoms with Crippen molar-refractivity contribution in [2.45, 2.75) is 25.9 Å². The van der Waals surface area contributed by atoms with E-state index in [-0.39, 0.29) is 33.5 Å². The van der Waals surface area contributed by atoms with Crippen LogP contribution < -0.4 is 10.6 Å². The summed E-state index contributed by atoms with van der Waals surface area (Å²) in [5.74, 6) is -1.60. The molecule has 1 atom stereocenters. The number of halogens is 2. The Morgan fingerprint density at radius 1 is 1.10 bits per heavy atom. The predicted octanol–water partition coefficient (Wildman–Crippen LogP) is 3.31. The summed E-state index contributed by atoms with van der Waals surface area (Å²) in [4.78, 5) is 36.5. The third-order valence-corrected chi connectivity index (χ3v) is 4.69. The van der Waals surface area contributed by atoms with E-state index in [0.717, 1.165) is 0 Å². The number of hydrogen-bond donors (Lipinski definition) is 3. The maximum atomic E-state index is 12.5. The Labute approximate surface area is 178 Å². The minimum atomic E-state index is -0.843. The van der Waals surface area contributed by atoms with Crippen LogP contribution in [0.2, 0.25) is 10.0 Å². The molecule has 0 aliphatic carbocycles. The topological polar surface area (TPSA) is 105 Å². The van der Waals surface area contributed by atoms with Crippen LogP contribution in [0.25, 0.3) is 0 Å². The van der Waals surface area contributed by atoms with Crippen molar-refractivity contribution in [1.29, 1.82) is 0 Å². The molecule has 0 saturated carbocycles. The zero-order chi connectivity index (χ0) is 21.6.